The molecule has 4 rings (SSSR count). The van der Waals surface area contributed by atoms with Gasteiger partial charge in [-0.05, 0) is 18.1 Å². The Labute approximate surface area is 205 Å². The van der Waals surface area contributed by atoms with Crippen LogP contribution < -0.4 is 11.1 Å². The number of carbonyl (C=O) groups excluding carboxylic acids is 1. The Kier molecular flexibility index (Phi) is 8.64. The third kappa shape index (κ3) is 6.35. The first-order chi connectivity index (χ1) is 17.2. The number of benzene rings is 2. The molecule has 184 valence electrons. The van der Waals surface area contributed by atoms with Gasteiger partial charge in [0.2, 0.25) is 5.91 Å². The Morgan fingerprint density at radius 3 is 2.66 bits per heavy atom. The number of pyridine rings is 1. The number of hydrogen-bond donors (Lipinski definition) is 2. The van der Waals surface area contributed by atoms with Crippen LogP contribution in [0, 0.1) is 0 Å². The number of ether oxygens (including phenoxy) is 2. The fourth-order valence-corrected chi connectivity index (χ4v) is 4.08. The van der Waals surface area contributed by atoms with Gasteiger partial charge in [-0.25, -0.2) is 9.97 Å². The highest BCUT2D eigenvalue weighted by molar-refractivity contribution is 6.06. The number of nitrogens with two attached hydrogens (primary N) is 1. The maximum absolute atomic E-state index is 12.0. The Morgan fingerprint density at radius 1 is 1.03 bits per heavy atom. The van der Waals surface area contributed by atoms with Gasteiger partial charge < -0.3 is 25.1 Å². The van der Waals surface area contributed by atoms with Crippen LogP contribution in [0.1, 0.15) is 31.2 Å². The van der Waals surface area contributed by atoms with E-state index in [-0.39, 0.29) is 12.5 Å². The Morgan fingerprint density at radius 2 is 1.83 bits per heavy atom. The molecule has 35 heavy (non-hydrogen) atoms. The van der Waals surface area contributed by atoms with Gasteiger partial charge in [0.05, 0.1) is 30.9 Å². The molecule has 0 spiro atoms. The predicted octanol–water partition coefficient (Wildman–Crippen LogP) is 3.86. The van der Waals surface area contributed by atoms with E-state index in [4.69, 9.17) is 20.2 Å². The summed E-state index contributed by atoms with van der Waals surface area (Å²) in [6, 6.07) is 17.8. The first-order valence-corrected chi connectivity index (χ1v) is 12.2. The zero-order chi connectivity index (χ0) is 24.5. The second-order valence-corrected chi connectivity index (χ2v) is 8.44. The lowest BCUT2D eigenvalue weighted by atomic mass is 10.2. The molecule has 0 saturated carbocycles. The number of fused-ring (bicyclic) bond motifs is 3. The van der Waals surface area contributed by atoms with E-state index in [1.165, 1.54) is 0 Å². The van der Waals surface area contributed by atoms with Crippen LogP contribution in [-0.4, -0.2) is 46.8 Å². The molecule has 3 N–H and O–H groups in total. The molecular weight excluding hydrogens is 442 g/mol. The zero-order valence-corrected chi connectivity index (χ0v) is 20.2. The highest BCUT2D eigenvalue weighted by Gasteiger charge is 2.16. The molecule has 2 heterocycles. The highest BCUT2D eigenvalue weighted by atomic mass is 16.5. The quantitative estimate of drug-likeness (QED) is 0.285. The Bertz CT molecular complexity index is 1260. The number of nitrogens with zero attached hydrogens (tertiary/aromatic N) is 3. The summed E-state index contributed by atoms with van der Waals surface area (Å²) in [5, 5.41) is 3.87. The van der Waals surface area contributed by atoms with Crippen molar-refractivity contribution in [1.82, 2.24) is 19.9 Å². The normalized spacial score (nSPS) is 11.3. The molecule has 0 aliphatic carbocycles. The molecule has 0 fully saturated rings. The fraction of sp³-hybridized carbons (Fsp3) is 0.370. The number of rotatable bonds is 13. The topological polar surface area (TPSA) is 104 Å². The second-order valence-electron chi connectivity index (χ2n) is 8.44. The summed E-state index contributed by atoms with van der Waals surface area (Å²) < 4.78 is 13.5. The Hall–Kier alpha value is -3.49. The van der Waals surface area contributed by atoms with E-state index in [2.05, 4.69) is 27.9 Å². The molecule has 0 saturated heterocycles. The molecule has 4 aromatic rings. The van der Waals surface area contributed by atoms with Crippen molar-refractivity contribution in [3.63, 3.8) is 0 Å². The van der Waals surface area contributed by atoms with Crippen LogP contribution in [0.15, 0.2) is 54.6 Å². The molecule has 0 unspecified atom stereocenters. The van der Waals surface area contributed by atoms with Crippen LogP contribution in [0.2, 0.25) is 0 Å². The van der Waals surface area contributed by atoms with Crippen molar-refractivity contribution in [3.8, 4) is 0 Å². The molecule has 0 atom stereocenters. The number of anilines is 1. The Balaban J connectivity index is 1.29. The molecule has 0 aliphatic rings. The van der Waals surface area contributed by atoms with Gasteiger partial charge in [-0.3, -0.25) is 4.79 Å². The van der Waals surface area contributed by atoms with Gasteiger partial charge >= 0.3 is 0 Å². The summed E-state index contributed by atoms with van der Waals surface area (Å²) in [5.74, 6) is 1.30. The van der Waals surface area contributed by atoms with E-state index in [1.807, 2.05) is 48.5 Å². The van der Waals surface area contributed by atoms with Crippen LogP contribution in [0.4, 0.5) is 5.82 Å². The van der Waals surface area contributed by atoms with Crippen LogP contribution in [0.3, 0.4) is 0 Å². The van der Waals surface area contributed by atoms with Gasteiger partial charge in [-0.2, -0.15) is 0 Å². The molecule has 2 aromatic heterocycles. The average molecular weight is 476 g/mol. The van der Waals surface area contributed by atoms with Gasteiger partial charge in [-0.1, -0.05) is 61.9 Å². The number of para-hydroxylation sites is 1. The van der Waals surface area contributed by atoms with Gasteiger partial charge in [0.25, 0.3) is 0 Å². The van der Waals surface area contributed by atoms with Crippen molar-refractivity contribution >= 4 is 33.7 Å². The first kappa shape index (κ1) is 24.6. The minimum atomic E-state index is -0.151. The standard InChI is InChI=1S/C27H33N5O3/c1-2-3-13-23-31-25-26(21-11-7-8-12-22(21)30-27(25)28)32(23)15-17-34-16-14-29-24(33)19-35-18-20-9-5-4-6-10-20/h4-12H,2-3,13-19H2,1H3,(H2,28,30)(H,29,33). The van der Waals surface area contributed by atoms with Crippen molar-refractivity contribution in [1.29, 1.82) is 0 Å². The van der Waals surface area contributed by atoms with Crippen molar-refractivity contribution in [2.24, 2.45) is 0 Å². The van der Waals surface area contributed by atoms with Crippen LogP contribution in [0.25, 0.3) is 21.9 Å². The van der Waals surface area contributed by atoms with Crippen LogP contribution in [-0.2, 0) is 33.8 Å². The number of nitrogens with one attached hydrogen (secondary N) is 1. The number of hydrogen-bond acceptors (Lipinski definition) is 6. The molecule has 0 aliphatic heterocycles. The average Bonchev–Trinajstić information content (AvgIpc) is 3.24. The summed E-state index contributed by atoms with van der Waals surface area (Å²) in [4.78, 5) is 21.4. The predicted molar refractivity (Wildman–Crippen MR) is 138 cm³/mol. The van der Waals surface area contributed by atoms with Crippen LogP contribution >= 0.6 is 0 Å². The van der Waals surface area contributed by atoms with Crippen LogP contribution in [0.5, 0.6) is 0 Å². The summed E-state index contributed by atoms with van der Waals surface area (Å²) in [6.07, 6.45) is 3.01. The third-order valence-electron chi connectivity index (χ3n) is 5.82. The maximum Gasteiger partial charge on any atom is 0.246 e. The third-order valence-corrected chi connectivity index (χ3v) is 5.82. The largest absolute Gasteiger partial charge is 0.382 e. The molecule has 8 heteroatoms. The van der Waals surface area contributed by atoms with Gasteiger partial charge in [0, 0.05) is 24.9 Å². The van der Waals surface area contributed by atoms with E-state index in [0.29, 0.717) is 38.7 Å². The van der Waals surface area contributed by atoms with Gasteiger partial charge in [0.1, 0.15) is 17.9 Å². The summed E-state index contributed by atoms with van der Waals surface area (Å²) in [6.45, 7) is 4.62. The SMILES string of the molecule is CCCCc1nc2c(N)nc3ccccc3c2n1CCOCCNC(=O)COCc1ccccc1. The number of nitrogen functional groups attached to an aromatic ring is 1. The van der Waals surface area contributed by atoms with Gasteiger partial charge in [-0.15, -0.1) is 0 Å². The summed E-state index contributed by atoms with van der Waals surface area (Å²) in [7, 11) is 0. The lowest BCUT2D eigenvalue weighted by Crippen LogP contribution is -2.30. The number of unbranched alkanes of at least 4 members (excludes halogenated alkanes) is 1. The molecule has 2 aromatic carbocycles. The molecule has 8 nitrogen and oxygen atoms in total. The lowest BCUT2D eigenvalue weighted by molar-refractivity contribution is -0.126. The monoisotopic (exact) mass is 475 g/mol. The molecular formula is C27H33N5O3. The number of amides is 1. The minimum Gasteiger partial charge on any atom is -0.382 e. The van der Waals surface area contributed by atoms with Crippen molar-refractivity contribution < 1.29 is 14.3 Å². The lowest BCUT2D eigenvalue weighted by Gasteiger charge is -2.12. The summed E-state index contributed by atoms with van der Waals surface area (Å²) >= 11 is 0. The highest BCUT2D eigenvalue weighted by Crippen LogP contribution is 2.29. The van der Waals surface area contributed by atoms with Crippen molar-refractivity contribution in [2.45, 2.75) is 39.3 Å². The van der Waals surface area contributed by atoms with Crippen molar-refractivity contribution in [2.75, 3.05) is 32.1 Å². The number of aromatic nitrogens is 3. The van der Waals surface area contributed by atoms with E-state index in [9.17, 15) is 4.79 Å². The second kappa shape index (κ2) is 12.3. The summed E-state index contributed by atoms with van der Waals surface area (Å²) in [5.41, 5.74) is 9.91. The van der Waals surface area contributed by atoms with E-state index < -0.39 is 0 Å². The number of imidazole rings is 1. The molecule has 0 radical (unpaired) electrons. The maximum atomic E-state index is 12.0. The van der Waals surface area contributed by atoms with Gasteiger partial charge in [0.15, 0.2) is 5.82 Å². The molecule has 1 amide bonds. The smallest absolute Gasteiger partial charge is 0.246 e. The molecule has 0 bridgehead atoms. The number of aryl methyl sites for hydroxylation is 1. The van der Waals surface area contributed by atoms with E-state index in [0.717, 1.165) is 52.6 Å². The van der Waals surface area contributed by atoms with E-state index >= 15 is 0 Å². The minimum absolute atomic E-state index is 0.0270. The van der Waals surface area contributed by atoms with Crippen molar-refractivity contribution in [3.05, 3.63) is 66.0 Å². The number of carbonyl (C=O) groups is 1. The first-order valence-electron chi connectivity index (χ1n) is 12.2. The fourth-order valence-electron chi connectivity index (χ4n) is 4.08. The van der Waals surface area contributed by atoms with E-state index in [1.54, 1.807) is 0 Å². The zero-order valence-electron chi connectivity index (χ0n) is 20.2.